The van der Waals surface area contributed by atoms with Gasteiger partial charge in [-0.25, -0.2) is 4.79 Å². The minimum atomic E-state index is -2.55. The monoisotopic (exact) mass is 469 g/mol. The van der Waals surface area contributed by atoms with Gasteiger partial charge in [-0.15, -0.1) is 0 Å². The number of aliphatic hydroxyl groups excluding tert-OH is 1. The van der Waals surface area contributed by atoms with Crippen LogP contribution in [0.25, 0.3) is 0 Å². The predicted octanol–water partition coefficient (Wildman–Crippen LogP) is 3.46. The molecule has 4 atom stereocenters. The number of hydrogen-bond donors (Lipinski definition) is 2. The summed E-state index contributed by atoms with van der Waals surface area (Å²) in [6.45, 7) is 17.6. The largest absolute Gasteiger partial charge is 0.432 e. The second-order valence-corrected chi connectivity index (χ2v) is 19.6. The Labute approximate surface area is 187 Å². The van der Waals surface area contributed by atoms with Crippen LogP contribution in [0, 0.1) is 0 Å². The number of nitrogens with two attached hydrogens (primary N) is 1. The average Bonchev–Trinajstić information content (AvgIpc) is 3.21. The quantitative estimate of drug-likeness (QED) is 0.614. The van der Waals surface area contributed by atoms with Gasteiger partial charge in [-0.3, -0.25) is 4.57 Å². The highest BCUT2D eigenvalue weighted by molar-refractivity contribution is 6.91. The van der Waals surface area contributed by atoms with Crippen molar-refractivity contribution in [1.82, 2.24) is 9.55 Å². The topological polar surface area (TPSA) is 109 Å². The SMILES string of the molecule is CC(C)[Si]1(C(C)C)OC([C@H]2O[C@@H](n3ccc(N)nc3=O)C[C@@H]2O)[Si](C(C)C)(C(C)C)O1. The summed E-state index contributed by atoms with van der Waals surface area (Å²) in [7, 11) is -5.06. The fraction of sp³-hybridized carbons (Fsp3) is 0.810. The smallest absolute Gasteiger partial charge is 0.351 e. The van der Waals surface area contributed by atoms with E-state index in [0.717, 1.165) is 0 Å². The van der Waals surface area contributed by atoms with Crippen molar-refractivity contribution in [1.29, 1.82) is 0 Å². The molecule has 2 aliphatic heterocycles. The second kappa shape index (κ2) is 8.71. The van der Waals surface area contributed by atoms with Gasteiger partial charge in [0.2, 0.25) is 8.32 Å². The fourth-order valence-corrected chi connectivity index (χ4v) is 19.3. The Morgan fingerprint density at radius 2 is 1.68 bits per heavy atom. The van der Waals surface area contributed by atoms with Crippen LogP contribution in [0.1, 0.15) is 68.0 Å². The lowest BCUT2D eigenvalue weighted by Gasteiger charge is -2.41. The van der Waals surface area contributed by atoms with E-state index in [1.807, 2.05) is 0 Å². The Morgan fingerprint density at radius 1 is 1.10 bits per heavy atom. The van der Waals surface area contributed by atoms with E-state index in [1.54, 1.807) is 12.3 Å². The van der Waals surface area contributed by atoms with Crippen LogP contribution >= 0.6 is 0 Å². The van der Waals surface area contributed by atoms with E-state index in [-0.39, 0.29) is 22.6 Å². The van der Waals surface area contributed by atoms with Gasteiger partial charge in [-0.05, 0) is 28.2 Å². The molecule has 0 aliphatic carbocycles. The number of aromatic nitrogens is 2. The van der Waals surface area contributed by atoms with Crippen molar-refractivity contribution in [2.45, 2.75) is 108 Å². The normalized spacial score (nSPS) is 30.2. The van der Waals surface area contributed by atoms with Crippen LogP contribution in [0.5, 0.6) is 0 Å². The number of hydrogen-bond acceptors (Lipinski definition) is 7. The first kappa shape index (κ1) is 24.6. The molecule has 8 nitrogen and oxygen atoms in total. The molecule has 0 amide bonds. The zero-order chi connectivity index (χ0) is 23.3. The van der Waals surface area contributed by atoms with Gasteiger partial charge in [0.25, 0.3) is 0 Å². The first-order chi connectivity index (χ1) is 14.4. The lowest BCUT2D eigenvalue weighted by molar-refractivity contribution is -0.0567. The summed E-state index contributed by atoms with van der Waals surface area (Å²) in [4.78, 5) is 16.2. The highest BCUT2D eigenvalue weighted by Crippen LogP contribution is 2.54. The van der Waals surface area contributed by atoms with Gasteiger partial charge in [0.05, 0.1) is 11.8 Å². The van der Waals surface area contributed by atoms with Crippen molar-refractivity contribution in [2.75, 3.05) is 5.73 Å². The summed E-state index contributed by atoms with van der Waals surface area (Å²) in [6.07, 6.45) is -0.0265. The molecule has 176 valence electrons. The Hall–Kier alpha value is -1.05. The number of nitrogens with zero attached hydrogens (tertiary/aromatic N) is 2. The Bertz CT molecular complexity index is 829. The van der Waals surface area contributed by atoms with Crippen molar-refractivity contribution < 1.29 is 18.4 Å². The van der Waals surface area contributed by atoms with Gasteiger partial charge >= 0.3 is 14.3 Å². The van der Waals surface area contributed by atoms with E-state index in [1.165, 1.54) is 4.57 Å². The second-order valence-electron chi connectivity index (χ2n) is 10.2. The third-order valence-electron chi connectivity index (χ3n) is 7.10. The average molecular weight is 470 g/mol. The minimum Gasteiger partial charge on any atom is -0.432 e. The maximum Gasteiger partial charge on any atom is 0.351 e. The molecule has 1 unspecified atom stereocenters. The van der Waals surface area contributed by atoms with Gasteiger partial charge in [0.1, 0.15) is 18.1 Å². The van der Waals surface area contributed by atoms with Crippen molar-refractivity contribution in [2.24, 2.45) is 0 Å². The number of anilines is 1. The zero-order valence-electron chi connectivity index (χ0n) is 20.0. The zero-order valence-corrected chi connectivity index (χ0v) is 22.0. The number of nitrogen functional groups attached to an aromatic ring is 1. The number of aliphatic hydroxyl groups is 1. The van der Waals surface area contributed by atoms with Crippen LogP contribution in [0.2, 0.25) is 22.2 Å². The maximum absolute atomic E-state index is 12.4. The van der Waals surface area contributed by atoms with Gasteiger partial charge < -0.3 is 24.1 Å². The predicted molar refractivity (Wildman–Crippen MR) is 125 cm³/mol. The Morgan fingerprint density at radius 3 is 2.16 bits per heavy atom. The molecule has 31 heavy (non-hydrogen) atoms. The van der Waals surface area contributed by atoms with Crippen molar-refractivity contribution in [3.8, 4) is 0 Å². The number of rotatable bonds is 6. The summed E-state index contributed by atoms with van der Waals surface area (Å²) in [6, 6.07) is 1.57. The van der Waals surface area contributed by atoms with Gasteiger partial charge in [-0.2, -0.15) is 4.98 Å². The third-order valence-corrected chi connectivity index (χ3v) is 18.8. The van der Waals surface area contributed by atoms with Crippen molar-refractivity contribution in [3.05, 3.63) is 22.7 Å². The molecular formula is C21H39N3O5Si2. The molecule has 3 N–H and O–H groups in total. The standard InChI is InChI=1S/C21H39N3O5Si2/c1-12(2)30(13(3)4)20(28-31(29-30,14(5)6)15(7)8)19-16(25)11-18(27-19)24-10-9-17(22)23-21(24)26/h9-10,12-16,18-20,25H,11H2,1-8H3,(H2,22,23,26)/t16-,18+,19-,20?/m0/s1. The van der Waals surface area contributed by atoms with Crippen LogP contribution in [0.15, 0.2) is 17.1 Å². The summed E-state index contributed by atoms with van der Waals surface area (Å²) in [5.74, 6) is 0.166. The molecule has 2 aliphatic rings. The summed E-state index contributed by atoms with van der Waals surface area (Å²) in [5.41, 5.74) is 6.00. The molecule has 3 heterocycles. The summed E-state index contributed by atoms with van der Waals surface area (Å²) < 4.78 is 21.9. The molecule has 3 rings (SSSR count). The third kappa shape index (κ3) is 3.95. The summed E-state index contributed by atoms with van der Waals surface area (Å²) in [5, 5.41) is 11.1. The van der Waals surface area contributed by atoms with Crippen LogP contribution in [0.3, 0.4) is 0 Å². The molecule has 0 spiro atoms. The molecular weight excluding hydrogens is 430 g/mol. The van der Waals surface area contributed by atoms with E-state index >= 15 is 0 Å². The van der Waals surface area contributed by atoms with Crippen LogP contribution in [0.4, 0.5) is 5.82 Å². The molecule has 10 heteroatoms. The van der Waals surface area contributed by atoms with E-state index in [4.69, 9.17) is 19.0 Å². The molecule has 0 aromatic carbocycles. The van der Waals surface area contributed by atoms with Crippen LogP contribution in [-0.2, 0) is 13.3 Å². The summed E-state index contributed by atoms with van der Waals surface area (Å²) >= 11 is 0. The van der Waals surface area contributed by atoms with Gasteiger partial charge in [0.15, 0.2) is 0 Å². The highest BCUT2D eigenvalue weighted by atomic mass is 28.4. The Balaban J connectivity index is 2.02. The molecule has 2 fully saturated rings. The molecule has 1 aromatic heterocycles. The first-order valence-electron chi connectivity index (χ1n) is 11.4. The van der Waals surface area contributed by atoms with Crippen molar-refractivity contribution in [3.63, 3.8) is 0 Å². The number of ether oxygens (including phenoxy) is 1. The maximum atomic E-state index is 12.4. The molecule has 1 aromatic rings. The molecule has 0 bridgehead atoms. The van der Waals surface area contributed by atoms with Crippen molar-refractivity contribution >= 4 is 22.7 Å². The lowest BCUT2D eigenvalue weighted by atomic mass is 10.2. The lowest BCUT2D eigenvalue weighted by Crippen LogP contribution is -2.58. The molecule has 2 saturated heterocycles. The van der Waals surface area contributed by atoms with E-state index in [2.05, 4.69) is 60.4 Å². The van der Waals surface area contributed by atoms with Gasteiger partial charge in [0, 0.05) is 12.6 Å². The Kier molecular flexibility index (Phi) is 6.91. The van der Waals surface area contributed by atoms with E-state index in [0.29, 0.717) is 17.5 Å². The fourth-order valence-electron chi connectivity index (χ4n) is 5.47. The van der Waals surface area contributed by atoms with Crippen LogP contribution in [-0.4, -0.2) is 49.5 Å². The molecule has 0 radical (unpaired) electrons. The minimum absolute atomic E-state index is 0.166. The van der Waals surface area contributed by atoms with Crippen LogP contribution < -0.4 is 11.4 Å². The first-order valence-corrected chi connectivity index (χ1v) is 15.5. The van der Waals surface area contributed by atoms with Gasteiger partial charge in [-0.1, -0.05) is 55.4 Å². The van der Waals surface area contributed by atoms with E-state index in [9.17, 15) is 9.90 Å². The highest BCUT2D eigenvalue weighted by Gasteiger charge is 2.68. The molecule has 0 saturated carbocycles. The van der Waals surface area contributed by atoms with E-state index < -0.39 is 41.0 Å².